The van der Waals surface area contributed by atoms with Crippen LogP contribution in [0.1, 0.15) is 25.1 Å². The van der Waals surface area contributed by atoms with Crippen LogP contribution in [0.5, 0.6) is 5.75 Å². The number of H-pyrrole nitrogens is 1. The number of pyridine rings is 1. The lowest BCUT2D eigenvalue weighted by atomic mass is 10.2. The number of imidazole rings is 1. The maximum atomic E-state index is 12.5. The molecular weight excluding hydrogens is 405 g/mol. The summed E-state index contributed by atoms with van der Waals surface area (Å²) in [5.41, 5.74) is 5.92. The molecule has 0 aliphatic heterocycles. The number of aromatic nitrogens is 3. The number of hydrogen-bond donors (Lipinski definition) is 2. The largest absolute Gasteiger partial charge is 0.484 e. The van der Waals surface area contributed by atoms with Crippen molar-refractivity contribution in [3.8, 4) is 5.75 Å². The molecule has 3 rings (SSSR count). The molecule has 2 heterocycles. The number of halogens is 3. The zero-order valence-corrected chi connectivity index (χ0v) is 17.2. The van der Waals surface area contributed by atoms with Crippen LogP contribution in [0.2, 0.25) is 0 Å². The molecule has 0 aliphatic rings. The molecular formula is C19H24F3N4O2S+. The zero-order valence-electron chi connectivity index (χ0n) is 16.4. The second kappa shape index (κ2) is 9.84. The molecule has 6 nitrogen and oxygen atoms in total. The third kappa shape index (κ3) is 7.13. The third-order valence-corrected chi connectivity index (χ3v) is 4.66. The lowest BCUT2D eigenvalue weighted by molar-refractivity contribution is -0.407. The van der Waals surface area contributed by atoms with Crippen LogP contribution in [0.3, 0.4) is 0 Å². The number of aromatic amines is 1. The first kappa shape index (κ1) is 22.8. The second-order valence-electron chi connectivity index (χ2n) is 6.73. The molecule has 0 aliphatic carbocycles. The van der Waals surface area contributed by atoms with Gasteiger partial charge in [-0.1, -0.05) is 12.1 Å². The fourth-order valence-corrected chi connectivity index (χ4v) is 3.35. The van der Waals surface area contributed by atoms with E-state index in [4.69, 9.17) is 4.74 Å². The minimum atomic E-state index is -4.42. The van der Waals surface area contributed by atoms with E-state index in [0.29, 0.717) is 28.0 Å². The number of benzene rings is 1. The maximum Gasteiger partial charge on any atom is 0.422 e. The van der Waals surface area contributed by atoms with Crippen molar-refractivity contribution in [3.63, 3.8) is 0 Å². The Hall–Kier alpha value is -2.46. The standard InChI is InChI=1S/C16H14F3N3O2S.C3H9N/c1-10-13(20-7-6-14(10)24-9-16(17,18)19)8-25(23)15-21-11-4-2-3-5-12(11)22-15;1-3(2)4/h2-7H,8-9H2,1H3,(H,21,22);3H,4H2,1-2H3/p+1. The number of fused-ring (bicyclic) bond motifs is 1. The number of hydrogen-bond acceptors (Lipinski definition) is 4. The van der Waals surface area contributed by atoms with E-state index in [0.717, 1.165) is 5.52 Å². The Morgan fingerprint density at radius 2 is 1.90 bits per heavy atom. The van der Waals surface area contributed by atoms with Crippen molar-refractivity contribution in [2.24, 2.45) is 0 Å². The molecule has 0 saturated carbocycles. The average Bonchev–Trinajstić information content (AvgIpc) is 3.05. The molecule has 4 N–H and O–H groups in total. The monoisotopic (exact) mass is 429 g/mol. The van der Waals surface area contributed by atoms with E-state index in [2.05, 4.69) is 34.5 Å². The number of nitrogens with one attached hydrogen (secondary N) is 1. The quantitative estimate of drug-likeness (QED) is 0.651. The first-order valence-electron chi connectivity index (χ1n) is 8.87. The van der Waals surface area contributed by atoms with Gasteiger partial charge in [0.2, 0.25) is 0 Å². The molecule has 0 radical (unpaired) electrons. The first-order chi connectivity index (χ1) is 13.6. The van der Waals surface area contributed by atoms with Crippen LogP contribution in [-0.4, -0.2) is 38.0 Å². The molecule has 2 aromatic heterocycles. The van der Waals surface area contributed by atoms with Crippen molar-refractivity contribution in [2.75, 3.05) is 6.61 Å². The normalized spacial score (nSPS) is 12.6. The zero-order chi connectivity index (χ0) is 21.6. The molecule has 0 spiro atoms. The van der Waals surface area contributed by atoms with E-state index in [1.807, 2.05) is 18.2 Å². The molecule has 1 atom stereocenters. The van der Waals surface area contributed by atoms with Gasteiger partial charge >= 0.3 is 6.18 Å². The van der Waals surface area contributed by atoms with Crippen molar-refractivity contribution in [1.82, 2.24) is 15.0 Å². The summed E-state index contributed by atoms with van der Waals surface area (Å²) in [6.45, 7) is 4.31. The van der Waals surface area contributed by atoms with Gasteiger partial charge in [0.05, 0.1) is 39.3 Å². The number of rotatable bonds is 5. The van der Waals surface area contributed by atoms with E-state index in [9.17, 15) is 17.4 Å². The third-order valence-electron chi connectivity index (χ3n) is 3.50. The highest BCUT2D eigenvalue weighted by molar-refractivity contribution is 7.84. The Morgan fingerprint density at radius 3 is 2.52 bits per heavy atom. The minimum Gasteiger partial charge on any atom is -0.484 e. The van der Waals surface area contributed by atoms with E-state index in [-0.39, 0.29) is 11.5 Å². The summed E-state index contributed by atoms with van der Waals surface area (Å²) in [6.07, 6.45) is -3.09. The predicted molar refractivity (Wildman–Crippen MR) is 105 cm³/mol. The number of nitrogens with zero attached hydrogens (tertiary/aromatic N) is 2. The summed E-state index contributed by atoms with van der Waals surface area (Å²) in [5, 5.41) is 0.295. The predicted octanol–water partition coefficient (Wildman–Crippen LogP) is 3.15. The van der Waals surface area contributed by atoms with Gasteiger partial charge in [0.1, 0.15) is 5.75 Å². The van der Waals surface area contributed by atoms with Gasteiger partial charge in [0.15, 0.2) is 11.8 Å². The molecule has 0 amide bonds. The molecule has 29 heavy (non-hydrogen) atoms. The van der Waals surface area contributed by atoms with Gasteiger partial charge in [0.25, 0.3) is 0 Å². The second-order valence-corrected chi connectivity index (χ2v) is 8.09. The lowest BCUT2D eigenvalue weighted by Gasteiger charge is -2.13. The Bertz CT molecular complexity index is 938. The van der Waals surface area contributed by atoms with Gasteiger partial charge in [0, 0.05) is 11.8 Å². The van der Waals surface area contributed by atoms with Crippen LogP contribution in [0.15, 0.2) is 41.7 Å². The average molecular weight is 429 g/mol. The number of quaternary nitrogens is 1. The van der Waals surface area contributed by atoms with Crippen molar-refractivity contribution < 1.29 is 27.9 Å². The van der Waals surface area contributed by atoms with Crippen LogP contribution in [0.4, 0.5) is 13.2 Å². The number of ether oxygens (including phenoxy) is 1. The van der Waals surface area contributed by atoms with E-state index < -0.39 is 23.6 Å². The highest BCUT2D eigenvalue weighted by Crippen LogP contribution is 2.24. The molecule has 1 unspecified atom stereocenters. The molecule has 0 bridgehead atoms. The Balaban J connectivity index is 0.000000687. The molecule has 0 saturated heterocycles. The van der Waals surface area contributed by atoms with Gasteiger partial charge in [-0.3, -0.25) is 9.19 Å². The molecule has 10 heteroatoms. The summed E-state index contributed by atoms with van der Waals surface area (Å²) >= 11 is 0. The number of para-hydroxylation sites is 2. The van der Waals surface area contributed by atoms with E-state index in [1.165, 1.54) is 12.3 Å². The SMILES string of the molecule is CC(C)[NH3+].Cc1c(OCC(F)(F)F)ccnc1CS(=O)c1nc2ccccc2[nH]1. The van der Waals surface area contributed by atoms with Gasteiger partial charge in [-0.25, -0.2) is 4.98 Å². The molecule has 1 aromatic carbocycles. The maximum absolute atomic E-state index is 12.5. The molecule has 158 valence electrons. The minimum absolute atomic E-state index is 0.0227. The Kier molecular flexibility index (Phi) is 7.74. The highest BCUT2D eigenvalue weighted by Gasteiger charge is 2.29. The van der Waals surface area contributed by atoms with E-state index >= 15 is 0 Å². The summed E-state index contributed by atoms with van der Waals surface area (Å²) in [7, 11) is -1.51. The van der Waals surface area contributed by atoms with Gasteiger partial charge in [-0.2, -0.15) is 13.2 Å². The smallest absolute Gasteiger partial charge is 0.422 e. The highest BCUT2D eigenvalue weighted by atomic mass is 32.2. The summed E-state index contributed by atoms with van der Waals surface area (Å²) in [6, 6.07) is 9.21. The lowest BCUT2D eigenvalue weighted by Crippen LogP contribution is -2.57. The molecule has 3 aromatic rings. The topological polar surface area (TPSA) is 95.5 Å². The van der Waals surface area contributed by atoms with E-state index in [1.54, 1.807) is 13.0 Å². The van der Waals surface area contributed by atoms with Gasteiger partial charge < -0.3 is 15.5 Å². The van der Waals surface area contributed by atoms with Crippen molar-refractivity contribution in [3.05, 3.63) is 47.8 Å². The molecule has 0 fully saturated rings. The number of alkyl halides is 3. The van der Waals surface area contributed by atoms with Crippen LogP contribution < -0.4 is 10.5 Å². The van der Waals surface area contributed by atoms with Crippen LogP contribution in [-0.2, 0) is 16.6 Å². The van der Waals surface area contributed by atoms with Crippen LogP contribution >= 0.6 is 0 Å². The summed E-state index contributed by atoms with van der Waals surface area (Å²) in [5.74, 6) is 0.0958. The fraction of sp³-hybridized carbons (Fsp3) is 0.368. The first-order valence-corrected chi connectivity index (χ1v) is 10.2. The Morgan fingerprint density at radius 1 is 1.24 bits per heavy atom. The van der Waals surface area contributed by atoms with Crippen molar-refractivity contribution in [1.29, 1.82) is 0 Å². The van der Waals surface area contributed by atoms with Crippen LogP contribution in [0.25, 0.3) is 11.0 Å². The van der Waals surface area contributed by atoms with Crippen LogP contribution in [0, 0.1) is 6.92 Å². The van der Waals surface area contributed by atoms with Crippen molar-refractivity contribution >= 4 is 21.8 Å². The summed E-state index contributed by atoms with van der Waals surface area (Å²) in [4.78, 5) is 11.3. The summed E-state index contributed by atoms with van der Waals surface area (Å²) < 4.78 is 54.2. The fourth-order valence-electron chi connectivity index (χ4n) is 2.25. The van der Waals surface area contributed by atoms with Crippen molar-refractivity contribution in [2.45, 2.75) is 43.9 Å². The van der Waals surface area contributed by atoms with Gasteiger partial charge in [-0.15, -0.1) is 0 Å². The van der Waals surface area contributed by atoms with Gasteiger partial charge in [-0.05, 0) is 39.0 Å². The Labute approximate surface area is 169 Å².